The van der Waals surface area contributed by atoms with Crippen molar-refractivity contribution in [2.24, 2.45) is 11.8 Å². The van der Waals surface area contributed by atoms with E-state index in [1.807, 2.05) is 20.8 Å². The third-order valence-electron chi connectivity index (χ3n) is 8.93. The molecule has 0 aromatic heterocycles. The summed E-state index contributed by atoms with van der Waals surface area (Å²) >= 11 is 0. The quantitative estimate of drug-likeness (QED) is 0.136. The molecule has 1 aliphatic heterocycles. The van der Waals surface area contributed by atoms with Gasteiger partial charge in [0.05, 0.1) is 0 Å². The van der Waals surface area contributed by atoms with Crippen molar-refractivity contribution in [1.29, 1.82) is 0 Å². The number of terminal acetylenes is 1. The monoisotopic (exact) mass is 614 g/mol. The van der Waals surface area contributed by atoms with Gasteiger partial charge in [-0.15, -0.1) is 12.8 Å². The average molecular weight is 614 g/mol. The van der Waals surface area contributed by atoms with Crippen LogP contribution in [-0.2, 0) is 0 Å². The SMILES string of the molecule is C#C.C=C(C)/C=C\C(=C/C)CN1CCC(CC)CC1.C=C(C)C(c1cc(/C(C)=C(C)/C=C(/C)CC)cc(C)c1C)C(C)C.CC. The van der Waals surface area contributed by atoms with Crippen LogP contribution < -0.4 is 0 Å². The van der Waals surface area contributed by atoms with Gasteiger partial charge in [-0.2, -0.15) is 0 Å². The second kappa shape index (κ2) is 24.4. The Morgan fingerprint density at radius 3 is 1.93 bits per heavy atom. The normalized spacial score (nSPS) is 15.6. The first kappa shape index (κ1) is 44.3. The Labute approximate surface area is 282 Å². The summed E-state index contributed by atoms with van der Waals surface area (Å²) in [5, 5.41) is 0. The topological polar surface area (TPSA) is 3.24 Å². The van der Waals surface area contributed by atoms with E-state index in [1.54, 1.807) is 0 Å². The largest absolute Gasteiger partial charge is 0.299 e. The third-order valence-corrected chi connectivity index (χ3v) is 8.93. The van der Waals surface area contributed by atoms with Gasteiger partial charge in [-0.25, -0.2) is 0 Å². The molecule has 1 aromatic rings. The van der Waals surface area contributed by atoms with Crippen molar-refractivity contribution >= 4 is 5.57 Å². The van der Waals surface area contributed by atoms with E-state index in [0.29, 0.717) is 11.8 Å². The molecule has 1 unspecified atom stereocenters. The van der Waals surface area contributed by atoms with Crippen molar-refractivity contribution in [2.75, 3.05) is 19.6 Å². The van der Waals surface area contributed by atoms with Gasteiger partial charge in [-0.3, -0.25) is 4.90 Å². The van der Waals surface area contributed by atoms with Crippen LogP contribution in [0.15, 0.2) is 77.5 Å². The Bertz CT molecular complexity index is 1170. The lowest BCUT2D eigenvalue weighted by atomic mass is 9.79. The highest BCUT2D eigenvalue weighted by molar-refractivity contribution is 5.71. The van der Waals surface area contributed by atoms with Crippen LogP contribution in [-0.4, -0.2) is 24.5 Å². The number of likely N-dealkylation sites (tertiary alicyclic amines) is 1. The van der Waals surface area contributed by atoms with Crippen LogP contribution in [0.4, 0.5) is 0 Å². The van der Waals surface area contributed by atoms with Gasteiger partial charge < -0.3 is 0 Å². The molecule has 1 heteroatoms. The molecule has 0 amide bonds. The van der Waals surface area contributed by atoms with Crippen LogP contribution in [0.3, 0.4) is 0 Å². The minimum Gasteiger partial charge on any atom is -0.299 e. The molecule has 252 valence electrons. The fourth-order valence-electron chi connectivity index (χ4n) is 5.73. The highest BCUT2D eigenvalue weighted by atomic mass is 15.1. The molecule has 1 atom stereocenters. The zero-order valence-electron chi connectivity index (χ0n) is 32.2. The number of allylic oxidation sites excluding steroid dienone is 8. The van der Waals surface area contributed by atoms with E-state index in [4.69, 9.17) is 0 Å². The van der Waals surface area contributed by atoms with Gasteiger partial charge in [0.2, 0.25) is 0 Å². The van der Waals surface area contributed by atoms with Gasteiger partial charge in [-0.1, -0.05) is 114 Å². The summed E-state index contributed by atoms with van der Waals surface area (Å²) in [7, 11) is 0. The Morgan fingerprint density at radius 2 is 1.51 bits per heavy atom. The lowest BCUT2D eigenvalue weighted by Crippen LogP contribution is -2.34. The molecule has 1 fully saturated rings. The van der Waals surface area contributed by atoms with Gasteiger partial charge >= 0.3 is 0 Å². The molecule has 2 rings (SSSR count). The minimum absolute atomic E-state index is 0.421. The van der Waals surface area contributed by atoms with E-state index >= 15 is 0 Å². The maximum Gasteiger partial charge on any atom is 0.0230 e. The Hall–Kier alpha value is -2.82. The molecular weight excluding hydrogens is 542 g/mol. The molecule has 0 bridgehead atoms. The number of rotatable bonds is 11. The summed E-state index contributed by atoms with van der Waals surface area (Å²) in [5.74, 6) is 1.94. The van der Waals surface area contributed by atoms with Crippen molar-refractivity contribution in [3.8, 4) is 12.8 Å². The fraction of sp³-hybridized carbons (Fsp3) is 0.545. The maximum atomic E-state index is 4.26. The first-order valence-corrected chi connectivity index (χ1v) is 17.4. The van der Waals surface area contributed by atoms with Crippen molar-refractivity contribution in [2.45, 2.75) is 129 Å². The molecule has 0 N–H and O–H groups in total. The lowest BCUT2D eigenvalue weighted by molar-refractivity contribution is 0.195. The third kappa shape index (κ3) is 16.3. The summed E-state index contributed by atoms with van der Waals surface area (Å²) in [4.78, 5) is 2.57. The smallest absolute Gasteiger partial charge is 0.0230 e. The van der Waals surface area contributed by atoms with Crippen molar-refractivity contribution in [1.82, 2.24) is 4.90 Å². The highest BCUT2D eigenvalue weighted by Crippen LogP contribution is 2.36. The number of hydrogen-bond acceptors (Lipinski definition) is 1. The Morgan fingerprint density at radius 1 is 0.956 bits per heavy atom. The van der Waals surface area contributed by atoms with Crippen LogP contribution in [0.5, 0.6) is 0 Å². The van der Waals surface area contributed by atoms with E-state index < -0.39 is 0 Å². The second-order valence-corrected chi connectivity index (χ2v) is 12.9. The van der Waals surface area contributed by atoms with Gasteiger partial charge in [0.25, 0.3) is 0 Å². The molecule has 0 aliphatic carbocycles. The van der Waals surface area contributed by atoms with Gasteiger partial charge in [0, 0.05) is 12.5 Å². The molecule has 1 aromatic carbocycles. The first-order chi connectivity index (χ1) is 21.2. The van der Waals surface area contributed by atoms with Crippen LogP contribution in [0.25, 0.3) is 5.57 Å². The summed E-state index contributed by atoms with van der Waals surface area (Å²) in [6.45, 7) is 42.4. The number of piperidine rings is 1. The fourth-order valence-corrected chi connectivity index (χ4v) is 5.73. The van der Waals surface area contributed by atoms with E-state index in [0.717, 1.165) is 24.5 Å². The van der Waals surface area contributed by atoms with E-state index in [-0.39, 0.29) is 0 Å². The number of benzene rings is 1. The number of nitrogens with zero attached hydrogens (tertiary/aromatic N) is 1. The molecule has 1 nitrogen and oxygen atoms in total. The zero-order valence-corrected chi connectivity index (χ0v) is 32.2. The molecule has 1 aliphatic rings. The van der Waals surface area contributed by atoms with Crippen LogP contribution in [0, 0.1) is 38.5 Å². The van der Waals surface area contributed by atoms with Crippen LogP contribution in [0.1, 0.15) is 137 Å². The predicted octanol–water partition coefficient (Wildman–Crippen LogP) is 13.2. The maximum absolute atomic E-state index is 4.26. The van der Waals surface area contributed by atoms with Gasteiger partial charge in [0.15, 0.2) is 0 Å². The summed E-state index contributed by atoms with van der Waals surface area (Å²) in [6, 6.07) is 4.73. The van der Waals surface area contributed by atoms with E-state index in [9.17, 15) is 0 Å². The first-order valence-electron chi connectivity index (χ1n) is 17.4. The van der Waals surface area contributed by atoms with E-state index in [2.05, 4.69) is 144 Å². The lowest BCUT2D eigenvalue weighted by Gasteiger charge is -2.31. The van der Waals surface area contributed by atoms with Crippen molar-refractivity contribution in [3.05, 3.63) is 99.7 Å². The van der Waals surface area contributed by atoms with Gasteiger partial charge in [-0.05, 0) is 139 Å². The molecular formula is C44H71N. The zero-order chi connectivity index (χ0) is 35.3. The van der Waals surface area contributed by atoms with Crippen LogP contribution in [0.2, 0.25) is 0 Å². The molecule has 0 spiro atoms. The average Bonchev–Trinajstić information content (AvgIpc) is 3.02. The van der Waals surface area contributed by atoms with Crippen molar-refractivity contribution in [3.63, 3.8) is 0 Å². The summed E-state index contributed by atoms with van der Waals surface area (Å²) in [5.41, 5.74) is 13.5. The molecule has 1 saturated heterocycles. The molecule has 45 heavy (non-hydrogen) atoms. The van der Waals surface area contributed by atoms with Crippen LogP contribution >= 0.6 is 0 Å². The molecule has 0 saturated carbocycles. The standard InChI is InChI=1S/C24H36.C16H27N.C2H6.C2H2/c1-11-17(6)12-18(7)20(9)22-13-19(8)21(10)23(14-22)24(15(2)3)16(4)5;1-5-15-9-11-17(12-10-15)13-16(6-2)8-7-14(3)4;2*1-2/h12-14,16,24H,2,11H2,1,3-10H3;6-8,15H,3,5,9-13H2,1-2,4H3;1-2H3;1-2H/b17-12-,20-18+;8-7-,16-6+;;. The molecule has 0 radical (unpaired) electrons. The van der Waals surface area contributed by atoms with Crippen molar-refractivity contribution < 1.29 is 0 Å². The summed E-state index contributed by atoms with van der Waals surface area (Å²) in [6.07, 6.45) is 22.0. The van der Waals surface area contributed by atoms with E-state index in [1.165, 1.54) is 82.5 Å². The number of hydrogen-bond donors (Lipinski definition) is 0. The summed E-state index contributed by atoms with van der Waals surface area (Å²) < 4.78 is 0. The molecule has 1 heterocycles. The number of aryl methyl sites for hydroxylation is 1. The minimum atomic E-state index is 0.421. The van der Waals surface area contributed by atoms with Gasteiger partial charge in [0.1, 0.15) is 0 Å². The predicted molar refractivity (Wildman–Crippen MR) is 209 cm³/mol. The Kier molecular flexibility index (Phi) is 24.0. The second-order valence-electron chi connectivity index (χ2n) is 12.9. The highest BCUT2D eigenvalue weighted by Gasteiger charge is 2.21. The Balaban J connectivity index is 0.